The smallest absolute Gasteiger partial charge is 0.416 e. The Hall–Kier alpha value is -2.52. The number of nitrogens with zero attached hydrogens (tertiary/aromatic N) is 1. The summed E-state index contributed by atoms with van der Waals surface area (Å²) in [5.74, 6) is -1.89. The van der Waals surface area contributed by atoms with Crippen molar-refractivity contribution in [3.8, 4) is 0 Å². The minimum atomic E-state index is -4.97. The summed E-state index contributed by atoms with van der Waals surface area (Å²) < 4.78 is 76.6. The molecule has 0 fully saturated rings. The lowest BCUT2D eigenvalue weighted by Gasteiger charge is -2.14. The number of nitrogens with two attached hydrogens (primary N) is 1. The topological polar surface area (TPSA) is 75.7 Å². The molecule has 1 rings (SSSR count). The van der Waals surface area contributed by atoms with Crippen molar-refractivity contribution < 1.29 is 36.2 Å². The van der Waals surface area contributed by atoms with Crippen molar-refractivity contribution in [2.75, 3.05) is 6.54 Å². The highest BCUT2D eigenvalue weighted by molar-refractivity contribution is 5.83. The maximum Gasteiger partial charge on any atom is 0.416 e. The fourth-order valence-corrected chi connectivity index (χ4v) is 1.65. The maximum atomic E-state index is 12.8. The Labute approximate surface area is 138 Å². The Morgan fingerprint density at radius 1 is 1.16 bits per heavy atom. The molecule has 1 aromatic rings. The zero-order chi connectivity index (χ0) is 19.4. The second-order valence-electron chi connectivity index (χ2n) is 5.17. The lowest BCUT2D eigenvalue weighted by molar-refractivity contribution is -0.143. The van der Waals surface area contributed by atoms with Crippen LogP contribution in [0.3, 0.4) is 0 Å². The van der Waals surface area contributed by atoms with Gasteiger partial charge >= 0.3 is 18.3 Å². The summed E-state index contributed by atoms with van der Waals surface area (Å²) >= 11 is 0. The third-order valence-electron chi connectivity index (χ3n) is 3.08. The second-order valence-corrected chi connectivity index (χ2v) is 5.17. The van der Waals surface area contributed by atoms with E-state index in [4.69, 9.17) is 10.8 Å². The van der Waals surface area contributed by atoms with Gasteiger partial charge in [-0.1, -0.05) is 6.92 Å². The van der Waals surface area contributed by atoms with Gasteiger partial charge in [-0.3, -0.25) is 9.79 Å². The molecule has 1 aromatic carbocycles. The number of hydrogen-bond acceptors (Lipinski definition) is 3. The number of halogens is 6. The van der Waals surface area contributed by atoms with Gasteiger partial charge in [0.2, 0.25) is 0 Å². The Balaban J connectivity index is 3.16. The molecule has 25 heavy (non-hydrogen) atoms. The molecule has 138 valence electrons. The van der Waals surface area contributed by atoms with Gasteiger partial charge in [-0.15, -0.1) is 0 Å². The Morgan fingerprint density at radius 2 is 1.64 bits per heavy atom. The van der Waals surface area contributed by atoms with Crippen LogP contribution < -0.4 is 5.73 Å². The van der Waals surface area contributed by atoms with Gasteiger partial charge in [-0.25, -0.2) is 0 Å². The molecule has 1 atom stereocenters. The summed E-state index contributed by atoms with van der Waals surface area (Å²) in [5.41, 5.74) is 1.71. The molecule has 0 saturated heterocycles. The molecule has 3 N–H and O–H groups in total. The zero-order valence-corrected chi connectivity index (χ0v) is 12.8. The fraction of sp³-hybridized carbons (Fsp3) is 0.333. The van der Waals surface area contributed by atoms with E-state index in [1.54, 1.807) is 0 Å². The first-order chi connectivity index (χ1) is 11.3. The first-order valence-electron chi connectivity index (χ1n) is 6.80. The van der Waals surface area contributed by atoms with Gasteiger partial charge in [0.05, 0.1) is 23.6 Å². The molecule has 0 radical (unpaired) electrons. The monoisotopic (exact) mass is 368 g/mol. The number of alkyl halides is 6. The van der Waals surface area contributed by atoms with E-state index >= 15 is 0 Å². The molecule has 0 aliphatic heterocycles. The minimum Gasteiger partial charge on any atom is -0.481 e. The van der Waals surface area contributed by atoms with Crippen LogP contribution in [-0.2, 0) is 17.1 Å². The number of rotatable bonds is 5. The number of aliphatic carboxylic acids is 1. The van der Waals surface area contributed by atoms with Crippen LogP contribution in [0.25, 0.3) is 5.70 Å². The molecule has 1 unspecified atom stereocenters. The van der Waals surface area contributed by atoms with Crippen LogP contribution in [0.1, 0.15) is 23.6 Å². The molecule has 0 saturated carbocycles. The fourth-order valence-electron chi connectivity index (χ4n) is 1.65. The molecule has 0 bridgehead atoms. The number of benzene rings is 1. The Bertz CT molecular complexity index is 660. The van der Waals surface area contributed by atoms with Crippen LogP contribution in [-0.4, -0.2) is 23.8 Å². The van der Waals surface area contributed by atoms with Gasteiger partial charge in [0.1, 0.15) is 0 Å². The molecule has 0 aliphatic carbocycles. The number of carbonyl (C=O) groups is 1. The zero-order valence-electron chi connectivity index (χ0n) is 12.8. The lowest BCUT2D eigenvalue weighted by Crippen LogP contribution is -2.13. The van der Waals surface area contributed by atoms with Crippen molar-refractivity contribution in [1.82, 2.24) is 0 Å². The van der Waals surface area contributed by atoms with Crippen molar-refractivity contribution in [2.45, 2.75) is 19.3 Å². The van der Waals surface area contributed by atoms with E-state index in [9.17, 15) is 31.1 Å². The van der Waals surface area contributed by atoms with Crippen LogP contribution in [0, 0.1) is 5.92 Å². The summed E-state index contributed by atoms with van der Waals surface area (Å²) in [6.45, 7) is 1.27. The van der Waals surface area contributed by atoms with Gasteiger partial charge in [-0.2, -0.15) is 26.3 Å². The van der Waals surface area contributed by atoms with E-state index in [0.29, 0.717) is 12.1 Å². The number of hydrogen-bond donors (Lipinski definition) is 2. The third kappa shape index (κ3) is 6.12. The normalized spacial score (nSPS) is 14.8. The third-order valence-corrected chi connectivity index (χ3v) is 3.08. The summed E-state index contributed by atoms with van der Waals surface area (Å²) in [5, 5.41) is 8.66. The second kappa shape index (κ2) is 7.58. The van der Waals surface area contributed by atoms with Crippen molar-refractivity contribution in [3.05, 3.63) is 41.0 Å². The maximum absolute atomic E-state index is 12.8. The summed E-state index contributed by atoms with van der Waals surface area (Å²) in [4.78, 5) is 14.3. The first kappa shape index (κ1) is 20.5. The summed E-state index contributed by atoms with van der Waals surface area (Å²) in [6, 6.07) is 0.989. The average Bonchev–Trinajstić information content (AvgIpc) is 2.48. The lowest BCUT2D eigenvalue weighted by atomic mass is 10.0. The SMILES string of the molecule is CC(CN=CC=C(N)c1cc(C(F)(F)F)cc(C(F)(F)F)c1)C(=O)O. The Kier molecular flexibility index (Phi) is 6.22. The van der Waals surface area contributed by atoms with Gasteiger partial charge in [0.15, 0.2) is 0 Å². The molecular weight excluding hydrogens is 354 g/mol. The van der Waals surface area contributed by atoms with Crippen LogP contribution in [0.5, 0.6) is 0 Å². The van der Waals surface area contributed by atoms with Crippen LogP contribution in [0.4, 0.5) is 26.3 Å². The first-order valence-corrected chi connectivity index (χ1v) is 6.80. The summed E-state index contributed by atoms with van der Waals surface area (Å²) in [6.07, 6.45) is -7.91. The quantitative estimate of drug-likeness (QED) is 0.613. The highest BCUT2D eigenvalue weighted by Gasteiger charge is 2.37. The van der Waals surface area contributed by atoms with Gasteiger partial charge in [-0.05, 0) is 29.8 Å². The molecular formula is C15H14F6N2O2. The highest BCUT2D eigenvalue weighted by Crippen LogP contribution is 2.37. The highest BCUT2D eigenvalue weighted by atomic mass is 19.4. The van der Waals surface area contributed by atoms with Crippen molar-refractivity contribution in [1.29, 1.82) is 0 Å². The summed E-state index contributed by atoms with van der Waals surface area (Å²) in [7, 11) is 0. The van der Waals surface area contributed by atoms with E-state index in [2.05, 4.69) is 4.99 Å². The van der Waals surface area contributed by atoms with E-state index in [1.165, 1.54) is 6.92 Å². The molecule has 0 aliphatic rings. The average molecular weight is 368 g/mol. The van der Waals surface area contributed by atoms with Gasteiger partial charge in [0, 0.05) is 11.9 Å². The minimum absolute atomic E-state index is 0.000586. The number of carboxylic acids is 1. The van der Waals surface area contributed by atoms with E-state index in [0.717, 1.165) is 12.3 Å². The molecule has 10 heteroatoms. The van der Waals surface area contributed by atoms with E-state index in [1.807, 2.05) is 0 Å². The predicted octanol–water partition coefficient (Wildman–Crippen LogP) is 3.82. The van der Waals surface area contributed by atoms with Gasteiger partial charge < -0.3 is 10.8 Å². The van der Waals surface area contributed by atoms with Crippen LogP contribution in [0.15, 0.2) is 29.3 Å². The molecule has 0 spiro atoms. The predicted molar refractivity (Wildman–Crippen MR) is 78.8 cm³/mol. The van der Waals surface area contributed by atoms with Crippen molar-refractivity contribution in [3.63, 3.8) is 0 Å². The molecule has 0 heterocycles. The molecule has 0 aromatic heterocycles. The van der Waals surface area contributed by atoms with E-state index in [-0.39, 0.29) is 18.3 Å². The Morgan fingerprint density at radius 3 is 2.04 bits per heavy atom. The van der Waals surface area contributed by atoms with Crippen molar-refractivity contribution in [2.24, 2.45) is 16.6 Å². The number of carboxylic acid groups (broad SMARTS) is 1. The van der Waals surface area contributed by atoms with E-state index < -0.39 is 40.9 Å². The van der Waals surface area contributed by atoms with Crippen LogP contribution in [0.2, 0.25) is 0 Å². The molecule has 4 nitrogen and oxygen atoms in total. The number of aliphatic imine (C=N–C) groups is 1. The number of allylic oxidation sites excluding steroid dienone is 1. The molecule has 0 amide bonds. The van der Waals surface area contributed by atoms with Gasteiger partial charge in [0.25, 0.3) is 0 Å². The standard InChI is InChI=1S/C15H14F6N2O2/c1-8(13(24)25)7-23-3-2-12(22)9-4-10(14(16,17)18)6-11(5-9)15(19,20)21/h2-6,8H,7,22H2,1H3,(H,24,25). The van der Waals surface area contributed by atoms with Crippen LogP contribution >= 0.6 is 0 Å². The largest absolute Gasteiger partial charge is 0.481 e. The van der Waals surface area contributed by atoms with Crippen molar-refractivity contribution >= 4 is 17.9 Å².